The van der Waals surface area contributed by atoms with Gasteiger partial charge in [-0.3, -0.25) is 10.1 Å². The van der Waals surface area contributed by atoms with Crippen LogP contribution in [0.2, 0.25) is 0 Å². The van der Waals surface area contributed by atoms with Crippen LogP contribution < -0.4 is 5.32 Å². The van der Waals surface area contributed by atoms with E-state index in [4.69, 9.17) is 4.74 Å². The molecule has 7 nitrogen and oxygen atoms in total. The summed E-state index contributed by atoms with van der Waals surface area (Å²) < 4.78 is 6.85. The minimum atomic E-state index is -0.824. The summed E-state index contributed by atoms with van der Waals surface area (Å²) in [4.78, 5) is 30.9. The number of aliphatic carboxylic acids is 1. The van der Waals surface area contributed by atoms with Gasteiger partial charge in [-0.05, 0) is 58.3 Å². The molecule has 0 radical (unpaired) electrons. The van der Waals surface area contributed by atoms with Crippen LogP contribution in [0.4, 0.5) is 9.93 Å². The quantitative estimate of drug-likeness (QED) is 0.280. The van der Waals surface area contributed by atoms with E-state index in [0.29, 0.717) is 30.0 Å². The van der Waals surface area contributed by atoms with Crippen LogP contribution in [0, 0.1) is 11.3 Å². The first-order valence-corrected chi connectivity index (χ1v) is 13.9. The average molecular weight is 508 g/mol. The first kappa shape index (κ1) is 26.8. The zero-order chi connectivity index (χ0) is 24.6. The smallest absolute Gasteiger partial charge is 0.323 e. The average Bonchev–Trinajstić information content (AvgIpc) is 3.26. The van der Waals surface area contributed by atoms with Gasteiger partial charge < -0.3 is 14.7 Å². The number of urea groups is 1. The van der Waals surface area contributed by atoms with E-state index >= 15 is 0 Å². The Bertz CT molecular complexity index is 875. The first-order valence-electron chi connectivity index (χ1n) is 12.1. The van der Waals surface area contributed by atoms with Crippen LogP contribution >= 0.6 is 23.1 Å². The number of carbonyl (C=O) groups is 2. The van der Waals surface area contributed by atoms with Gasteiger partial charge in [0.15, 0.2) is 5.13 Å². The van der Waals surface area contributed by atoms with Gasteiger partial charge >= 0.3 is 12.0 Å². The maximum atomic E-state index is 13.2. The summed E-state index contributed by atoms with van der Waals surface area (Å²) in [7, 11) is 0. The molecule has 2 aliphatic carbocycles. The summed E-state index contributed by atoms with van der Waals surface area (Å²) in [6.07, 6.45) is 16.1. The van der Waals surface area contributed by atoms with Crippen LogP contribution in [0.25, 0.3) is 0 Å². The van der Waals surface area contributed by atoms with Gasteiger partial charge in [0.05, 0.1) is 21.9 Å². The number of thiazole rings is 1. The SMILES string of the molecule is CC(C)(CSc1cnc(NC(=O)N(CCCOC2C=CC=CC2)[C@H]2CC[C@H](C)CC2)s1)C(=O)O. The highest BCUT2D eigenvalue weighted by molar-refractivity contribution is 8.01. The molecule has 0 spiro atoms. The molecule has 0 saturated heterocycles. The van der Waals surface area contributed by atoms with Crippen LogP contribution in [0.15, 0.2) is 34.7 Å². The number of aromatic nitrogens is 1. The fraction of sp³-hybridized carbons (Fsp3) is 0.640. The van der Waals surface area contributed by atoms with E-state index < -0.39 is 11.4 Å². The highest BCUT2D eigenvalue weighted by Crippen LogP contribution is 2.34. The zero-order valence-corrected chi connectivity index (χ0v) is 22.0. The van der Waals surface area contributed by atoms with Crippen molar-refractivity contribution < 1.29 is 19.4 Å². The molecule has 9 heteroatoms. The molecule has 0 aliphatic heterocycles. The molecule has 0 bridgehead atoms. The molecule has 2 amide bonds. The Morgan fingerprint density at radius 2 is 2.06 bits per heavy atom. The molecule has 2 aliphatic rings. The minimum absolute atomic E-state index is 0.114. The Hall–Kier alpha value is -1.84. The summed E-state index contributed by atoms with van der Waals surface area (Å²) in [6, 6.07) is 0.121. The number of carbonyl (C=O) groups excluding carboxylic acids is 1. The van der Waals surface area contributed by atoms with Gasteiger partial charge in [0, 0.05) is 24.9 Å². The maximum Gasteiger partial charge on any atom is 0.323 e. The summed E-state index contributed by atoms with van der Waals surface area (Å²) in [5.41, 5.74) is -0.821. The first-order chi connectivity index (χ1) is 16.2. The van der Waals surface area contributed by atoms with Crippen molar-refractivity contribution in [3.05, 3.63) is 30.5 Å². The highest BCUT2D eigenvalue weighted by Gasteiger charge is 2.29. The largest absolute Gasteiger partial charge is 0.481 e. The van der Waals surface area contributed by atoms with Gasteiger partial charge in [0.1, 0.15) is 0 Å². The number of hydrogen-bond donors (Lipinski definition) is 2. The molecule has 3 rings (SSSR count). The van der Waals surface area contributed by atoms with Crippen LogP contribution in [0.1, 0.15) is 59.3 Å². The zero-order valence-electron chi connectivity index (χ0n) is 20.4. The van der Waals surface area contributed by atoms with E-state index in [2.05, 4.69) is 29.4 Å². The number of rotatable bonds is 11. The lowest BCUT2D eigenvalue weighted by atomic mass is 9.86. The number of carboxylic acid groups (broad SMARTS) is 1. The van der Waals surface area contributed by atoms with Gasteiger partial charge in [-0.2, -0.15) is 0 Å². The lowest BCUT2D eigenvalue weighted by Crippen LogP contribution is -2.45. The summed E-state index contributed by atoms with van der Waals surface area (Å²) in [6.45, 7) is 6.96. The standard InChI is InChI=1S/C25H37N3O4S2/c1-18-10-12-19(13-11-18)28(14-7-15-32-20-8-5-4-6-9-20)24(31)27-23-26-16-21(34-23)33-17-25(2,3)22(29)30/h4-6,8,16,18-20H,7,9-15,17H2,1-3H3,(H,29,30)(H,26,27,31)/t18-,19-,20?. The second kappa shape index (κ2) is 12.7. The monoisotopic (exact) mass is 507 g/mol. The van der Waals surface area contributed by atoms with Crippen molar-refractivity contribution >= 4 is 40.2 Å². The lowest BCUT2D eigenvalue weighted by molar-refractivity contribution is -0.145. The third-order valence-electron chi connectivity index (χ3n) is 6.36. The van der Waals surface area contributed by atoms with Crippen molar-refractivity contribution in [3.63, 3.8) is 0 Å². The molecule has 1 saturated carbocycles. The number of thioether (sulfide) groups is 1. The normalized spacial score (nSPS) is 22.5. The van der Waals surface area contributed by atoms with E-state index in [-0.39, 0.29) is 18.2 Å². The molecule has 1 aromatic rings. The Labute approximate surface area is 211 Å². The number of allylic oxidation sites excluding steroid dienone is 2. The van der Waals surface area contributed by atoms with Gasteiger partial charge in [0.2, 0.25) is 0 Å². The predicted octanol–water partition coefficient (Wildman–Crippen LogP) is 6.05. The fourth-order valence-electron chi connectivity index (χ4n) is 4.02. The van der Waals surface area contributed by atoms with Crippen molar-refractivity contribution in [2.75, 3.05) is 24.2 Å². The van der Waals surface area contributed by atoms with Crippen molar-refractivity contribution in [3.8, 4) is 0 Å². The molecule has 1 unspecified atom stereocenters. The number of nitrogens with one attached hydrogen (secondary N) is 1. The molecular formula is C25H37N3O4S2. The minimum Gasteiger partial charge on any atom is -0.481 e. The third kappa shape index (κ3) is 8.13. The van der Waals surface area contributed by atoms with Crippen LogP contribution in [-0.4, -0.2) is 58.0 Å². The predicted molar refractivity (Wildman–Crippen MR) is 139 cm³/mol. The highest BCUT2D eigenvalue weighted by atomic mass is 32.2. The van der Waals surface area contributed by atoms with Crippen molar-refractivity contribution in [2.45, 2.75) is 75.7 Å². The second-order valence-corrected chi connectivity index (χ2v) is 12.1. The second-order valence-electron chi connectivity index (χ2n) is 9.81. The van der Waals surface area contributed by atoms with E-state index in [1.165, 1.54) is 23.1 Å². The fourth-order valence-corrected chi connectivity index (χ4v) is 5.96. The molecule has 2 N–H and O–H groups in total. The van der Waals surface area contributed by atoms with Gasteiger partial charge in [-0.15, -0.1) is 11.8 Å². The Kier molecular flexibility index (Phi) is 10.0. The van der Waals surface area contributed by atoms with Gasteiger partial charge in [0.25, 0.3) is 0 Å². The van der Waals surface area contributed by atoms with E-state index in [9.17, 15) is 14.7 Å². The van der Waals surface area contributed by atoms with Crippen LogP contribution in [0.3, 0.4) is 0 Å². The van der Waals surface area contributed by atoms with Crippen molar-refractivity contribution in [1.82, 2.24) is 9.88 Å². The Morgan fingerprint density at radius 3 is 2.74 bits per heavy atom. The van der Waals surface area contributed by atoms with E-state index in [1.54, 1.807) is 20.0 Å². The number of hydrogen-bond acceptors (Lipinski definition) is 6. The summed E-state index contributed by atoms with van der Waals surface area (Å²) in [5, 5.41) is 12.8. The number of amides is 2. The Balaban J connectivity index is 1.54. The van der Waals surface area contributed by atoms with Crippen molar-refractivity contribution in [2.24, 2.45) is 11.3 Å². The van der Waals surface area contributed by atoms with Gasteiger partial charge in [-0.25, -0.2) is 9.78 Å². The number of carboxylic acids is 1. The number of ether oxygens (including phenoxy) is 1. The van der Waals surface area contributed by atoms with Crippen LogP contribution in [0.5, 0.6) is 0 Å². The summed E-state index contributed by atoms with van der Waals surface area (Å²) >= 11 is 2.84. The molecule has 1 aromatic heterocycles. The third-order valence-corrected chi connectivity index (χ3v) is 8.92. The summed E-state index contributed by atoms with van der Waals surface area (Å²) in [5.74, 6) is 0.329. The number of anilines is 1. The van der Waals surface area contributed by atoms with Crippen LogP contribution in [-0.2, 0) is 9.53 Å². The van der Waals surface area contributed by atoms with E-state index in [0.717, 1.165) is 42.7 Å². The molecule has 1 atom stereocenters. The molecule has 1 heterocycles. The lowest BCUT2D eigenvalue weighted by Gasteiger charge is -2.36. The molecule has 34 heavy (non-hydrogen) atoms. The maximum absolute atomic E-state index is 13.2. The number of nitrogens with zero attached hydrogens (tertiary/aromatic N) is 2. The molecule has 1 fully saturated rings. The topological polar surface area (TPSA) is 91.8 Å². The molecular weight excluding hydrogens is 470 g/mol. The van der Waals surface area contributed by atoms with Gasteiger partial charge in [-0.1, -0.05) is 42.6 Å². The molecule has 188 valence electrons. The Morgan fingerprint density at radius 1 is 1.29 bits per heavy atom. The van der Waals surface area contributed by atoms with Crippen molar-refractivity contribution in [1.29, 1.82) is 0 Å². The van der Waals surface area contributed by atoms with E-state index in [1.807, 2.05) is 17.1 Å². The molecule has 0 aromatic carbocycles.